The van der Waals surface area contributed by atoms with Gasteiger partial charge in [0.2, 0.25) is 5.95 Å². The second kappa shape index (κ2) is 9.43. The fraction of sp³-hybridized carbons (Fsp3) is 0.381. The van der Waals surface area contributed by atoms with Gasteiger partial charge in [-0.15, -0.1) is 0 Å². The van der Waals surface area contributed by atoms with Gasteiger partial charge in [0.25, 0.3) is 5.56 Å². The summed E-state index contributed by atoms with van der Waals surface area (Å²) in [4.78, 5) is 22.6. The van der Waals surface area contributed by atoms with Crippen molar-refractivity contribution in [2.45, 2.75) is 50.5 Å². The van der Waals surface area contributed by atoms with Crippen molar-refractivity contribution in [2.24, 2.45) is 0 Å². The van der Waals surface area contributed by atoms with Crippen LogP contribution in [0.15, 0.2) is 40.2 Å². The molecule has 1 unspecified atom stereocenters. The molecule has 0 amide bonds. The van der Waals surface area contributed by atoms with Gasteiger partial charge in [-0.05, 0) is 67.0 Å². The van der Waals surface area contributed by atoms with E-state index < -0.39 is 11.0 Å². The molecule has 4 rings (SSSR count). The predicted molar refractivity (Wildman–Crippen MR) is 116 cm³/mol. The molecular weight excluding hydrogens is 437 g/mol. The standard InChI is InChI=1S/C21H24N5O2S.V/c1-13-11-19(27)26(15-6-4-5-7-15)20-17(13)12-23-21(25-20)24-18-9-8-16(10-14(18)2)29(28)22-3;/h8-12,15H,4-7H2,1-3H3,(H,23,24,25,27);/q-1;. The number of benzene rings is 1. The van der Waals surface area contributed by atoms with E-state index in [4.69, 9.17) is 4.98 Å². The van der Waals surface area contributed by atoms with E-state index in [1.165, 1.54) is 7.05 Å². The molecule has 7 nitrogen and oxygen atoms in total. The molecule has 1 atom stereocenters. The maximum absolute atomic E-state index is 12.7. The summed E-state index contributed by atoms with van der Waals surface area (Å²) in [5.74, 6) is 0.436. The molecule has 0 saturated heterocycles. The predicted octanol–water partition coefficient (Wildman–Crippen LogP) is 4.29. The summed E-state index contributed by atoms with van der Waals surface area (Å²) in [6, 6.07) is 7.34. The fourth-order valence-corrected chi connectivity index (χ4v) is 4.63. The molecule has 2 heterocycles. The Morgan fingerprint density at radius 1 is 1.17 bits per heavy atom. The summed E-state index contributed by atoms with van der Waals surface area (Å²) in [6.07, 6.45) is 6.06. The van der Waals surface area contributed by atoms with Crippen LogP contribution in [0.5, 0.6) is 0 Å². The van der Waals surface area contributed by atoms with E-state index >= 15 is 0 Å². The average Bonchev–Trinajstić information content (AvgIpc) is 3.23. The van der Waals surface area contributed by atoms with Crippen molar-refractivity contribution in [1.29, 1.82) is 0 Å². The maximum atomic E-state index is 12.7. The minimum Gasteiger partial charge on any atom is -0.575 e. The molecule has 9 heteroatoms. The third kappa shape index (κ3) is 4.37. The third-order valence-corrected chi connectivity index (χ3v) is 6.49. The molecule has 1 aromatic carbocycles. The molecule has 157 valence electrons. The number of aromatic nitrogens is 3. The molecule has 1 fully saturated rings. The summed E-state index contributed by atoms with van der Waals surface area (Å²) in [5.41, 5.74) is 3.30. The third-order valence-electron chi connectivity index (χ3n) is 5.50. The van der Waals surface area contributed by atoms with Crippen LogP contribution in [0.3, 0.4) is 0 Å². The number of nitrogens with zero attached hydrogens (tertiary/aromatic N) is 4. The van der Waals surface area contributed by atoms with Gasteiger partial charge in [0.1, 0.15) is 5.65 Å². The van der Waals surface area contributed by atoms with E-state index in [1.54, 1.807) is 18.3 Å². The second-order valence-corrected chi connectivity index (χ2v) is 8.77. The smallest absolute Gasteiger partial charge is 0.252 e. The molecule has 1 saturated carbocycles. The summed E-state index contributed by atoms with van der Waals surface area (Å²) < 4.78 is 17.5. The quantitative estimate of drug-likeness (QED) is 0.612. The van der Waals surface area contributed by atoms with Gasteiger partial charge in [0, 0.05) is 52.8 Å². The molecule has 1 N–H and O–H groups in total. The van der Waals surface area contributed by atoms with Crippen molar-refractivity contribution >= 4 is 33.7 Å². The largest absolute Gasteiger partial charge is 0.575 e. The minimum absolute atomic E-state index is 0. The minimum atomic E-state index is -1.36. The summed E-state index contributed by atoms with van der Waals surface area (Å²) in [6.45, 7) is 3.85. The Kier molecular flexibility index (Phi) is 7.13. The Bertz CT molecular complexity index is 1160. The molecule has 2 aromatic heterocycles. The maximum Gasteiger partial charge on any atom is 0.252 e. The van der Waals surface area contributed by atoms with E-state index in [2.05, 4.69) is 15.0 Å². The van der Waals surface area contributed by atoms with Crippen molar-refractivity contribution in [1.82, 2.24) is 14.5 Å². The monoisotopic (exact) mass is 461 g/mol. The number of pyridine rings is 1. The Hall–Kier alpha value is -2.00. The number of anilines is 2. The molecule has 30 heavy (non-hydrogen) atoms. The van der Waals surface area contributed by atoms with Crippen LogP contribution >= 0.6 is 0 Å². The van der Waals surface area contributed by atoms with Gasteiger partial charge in [-0.25, -0.2) is 4.98 Å². The Morgan fingerprint density at radius 2 is 1.90 bits per heavy atom. The molecular formula is C21H24N5O2SV-. The first-order valence-corrected chi connectivity index (χ1v) is 10.9. The van der Waals surface area contributed by atoms with Crippen molar-refractivity contribution < 1.29 is 22.8 Å². The van der Waals surface area contributed by atoms with Crippen molar-refractivity contribution in [2.75, 3.05) is 12.4 Å². The fourth-order valence-electron chi connectivity index (χ4n) is 3.96. The summed E-state index contributed by atoms with van der Waals surface area (Å²) >= 11 is 0. The van der Waals surface area contributed by atoms with Crippen LogP contribution in [-0.4, -0.2) is 25.8 Å². The van der Waals surface area contributed by atoms with Crippen molar-refractivity contribution in [3.8, 4) is 0 Å². The van der Waals surface area contributed by atoms with Crippen LogP contribution < -0.4 is 10.9 Å². The SMILES string of the molecule is C[N-]S(=O)c1ccc(Nc2ncc3c(C)cc(=O)n(C4CCCC4)c3n2)c(C)c1.[V]. The molecule has 0 aliphatic heterocycles. The van der Waals surface area contributed by atoms with Gasteiger partial charge < -0.3 is 10.0 Å². The van der Waals surface area contributed by atoms with Crippen LogP contribution in [0.25, 0.3) is 15.8 Å². The normalized spacial score (nSPS) is 15.2. The van der Waals surface area contributed by atoms with Gasteiger partial charge in [-0.1, -0.05) is 12.8 Å². The summed E-state index contributed by atoms with van der Waals surface area (Å²) in [7, 11) is 0.178. The van der Waals surface area contributed by atoms with Crippen LogP contribution in [-0.2, 0) is 29.5 Å². The van der Waals surface area contributed by atoms with Gasteiger partial charge in [0.15, 0.2) is 0 Å². The van der Waals surface area contributed by atoms with Crippen molar-refractivity contribution in [3.05, 3.63) is 56.7 Å². The Morgan fingerprint density at radius 3 is 2.57 bits per heavy atom. The van der Waals surface area contributed by atoms with E-state index in [0.717, 1.165) is 47.9 Å². The Labute approximate surface area is 190 Å². The number of hydrogen-bond acceptors (Lipinski definition) is 5. The van der Waals surface area contributed by atoms with E-state index in [9.17, 15) is 9.00 Å². The molecule has 1 aliphatic carbocycles. The van der Waals surface area contributed by atoms with Crippen LogP contribution in [0.2, 0.25) is 0 Å². The zero-order valence-electron chi connectivity index (χ0n) is 17.3. The number of nitrogens with one attached hydrogen (secondary N) is 1. The molecule has 1 radical (unpaired) electrons. The number of fused-ring (bicyclic) bond motifs is 1. The topological polar surface area (TPSA) is 91.0 Å². The molecule has 0 bridgehead atoms. The van der Waals surface area contributed by atoms with E-state index in [1.807, 2.05) is 30.5 Å². The summed E-state index contributed by atoms with van der Waals surface area (Å²) in [5, 5.41) is 4.14. The molecule has 3 aromatic rings. The number of aryl methyl sites for hydroxylation is 2. The van der Waals surface area contributed by atoms with Crippen molar-refractivity contribution in [3.63, 3.8) is 0 Å². The Balaban J connectivity index is 0.00000256. The molecule has 0 spiro atoms. The number of rotatable bonds is 5. The van der Waals surface area contributed by atoms with Crippen LogP contribution in [0, 0.1) is 13.8 Å². The second-order valence-electron chi connectivity index (χ2n) is 7.44. The van der Waals surface area contributed by atoms with E-state index in [-0.39, 0.29) is 30.2 Å². The van der Waals surface area contributed by atoms with Gasteiger partial charge >= 0.3 is 0 Å². The van der Waals surface area contributed by atoms with Gasteiger partial charge in [-0.3, -0.25) is 13.6 Å². The van der Waals surface area contributed by atoms with Crippen LogP contribution in [0.4, 0.5) is 11.6 Å². The first-order valence-electron chi connectivity index (χ1n) is 9.76. The molecule has 1 aliphatic rings. The van der Waals surface area contributed by atoms with Gasteiger partial charge in [0.05, 0.1) is 0 Å². The zero-order valence-corrected chi connectivity index (χ0v) is 19.5. The first kappa shape index (κ1) is 22.7. The zero-order chi connectivity index (χ0) is 20.5. The van der Waals surface area contributed by atoms with Crippen LogP contribution in [0.1, 0.15) is 42.9 Å². The average molecular weight is 461 g/mol. The van der Waals surface area contributed by atoms with Gasteiger partial charge in [-0.2, -0.15) is 12.0 Å². The van der Waals surface area contributed by atoms with E-state index in [0.29, 0.717) is 16.5 Å². The first-order chi connectivity index (χ1) is 14.0. The number of hydrogen-bond donors (Lipinski definition) is 1.